The average molecular weight is 345 g/mol. The van der Waals surface area contributed by atoms with Crippen LogP contribution in [-0.4, -0.2) is 16.1 Å². The van der Waals surface area contributed by atoms with E-state index in [0.717, 1.165) is 29.7 Å². The second-order valence-corrected chi connectivity index (χ2v) is 6.83. The van der Waals surface area contributed by atoms with Gasteiger partial charge in [0.1, 0.15) is 0 Å². The molecule has 0 unspecified atom stereocenters. The lowest BCUT2D eigenvalue weighted by Crippen LogP contribution is -1.98. The summed E-state index contributed by atoms with van der Waals surface area (Å²) in [7, 11) is 0. The van der Waals surface area contributed by atoms with Crippen LogP contribution in [0, 0.1) is 0 Å². The number of pyridine rings is 1. The molecule has 1 aromatic heterocycles. The van der Waals surface area contributed by atoms with Gasteiger partial charge in [-0.05, 0) is 59.7 Å². The summed E-state index contributed by atoms with van der Waals surface area (Å²) in [6.07, 6.45) is 3.49. The molecule has 0 atom stereocenters. The van der Waals surface area contributed by atoms with E-state index >= 15 is 0 Å². The maximum Gasteiger partial charge on any atom is 0.335 e. The normalized spacial score (nSPS) is 10.9. The number of hydrogen-bond donors (Lipinski definition) is 1. The molecule has 0 aliphatic carbocycles. The fourth-order valence-corrected chi connectivity index (χ4v) is 2.97. The van der Waals surface area contributed by atoms with Crippen LogP contribution in [-0.2, 0) is 12.8 Å². The lowest BCUT2D eigenvalue weighted by Gasteiger charge is -2.08. The molecular weight excluding hydrogens is 322 g/mol. The molecule has 1 heterocycles. The lowest BCUT2D eigenvalue weighted by molar-refractivity contribution is 0.0696. The number of benzene rings is 2. The Labute approximate surface area is 154 Å². The lowest BCUT2D eigenvalue weighted by atomic mass is 9.99. The summed E-state index contributed by atoms with van der Waals surface area (Å²) in [6.45, 7) is 4.38. The van der Waals surface area contributed by atoms with Gasteiger partial charge < -0.3 is 5.11 Å². The minimum Gasteiger partial charge on any atom is -0.478 e. The Hall–Kier alpha value is -2.94. The molecule has 0 spiro atoms. The predicted molar refractivity (Wildman–Crippen MR) is 105 cm³/mol. The van der Waals surface area contributed by atoms with Crippen molar-refractivity contribution >= 4 is 5.97 Å². The van der Waals surface area contributed by atoms with Gasteiger partial charge in [-0.25, -0.2) is 4.79 Å². The molecule has 3 rings (SSSR count). The fourth-order valence-electron chi connectivity index (χ4n) is 2.97. The van der Waals surface area contributed by atoms with Crippen LogP contribution in [0.5, 0.6) is 0 Å². The zero-order valence-corrected chi connectivity index (χ0v) is 15.1. The zero-order valence-electron chi connectivity index (χ0n) is 15.1. The van der Waals surface area contributed by atoms with Crippen LogP contribution >= 0.6 is 0 Å². The summed E-state index contributed by atoms with van der Waals surface area (Å²) in [4.78, 5) is 15.6. The summed E-state index contributed by atoms with van der Waals surface area (Å²) in [5.74, 6) is -0.368. The quantitative estimate of drug-likeness (QED) is 0.654. The number of rotatable bonds is 6. The van der Waals surface area contributed by atoms with E-state index in [-0.39, 0.29) is 0 Å². The molecule has 0 radical (unpaired) electrons. The third kappa shape index (κ3) is 4.37. The van der Waals surface area contributed by atoms with Crippen LogP contribution in [0.4, 0.5) is 0 Å². The Morgan fingerprint density at radius 3 is 2.31 bits per heavy atom. The topological polar surface area (TPSA) is 50.2 Å². The van der Waals surface area contributed by atoms with Gasteiger partial charge in [0.05, 0.1) is 11.3 Å². The van der Waals surface area contributed by atoms with Crippen LogP contribution in [0.25, 0.3) is 11.3 Å². The van der Waals surface area contributed by atoms with E-state index in [1.54, 1.807) is 18.2 Å². The second-order valence-electron chi connectivity index (χ2n) is 6.83. The first-order valence-corrected chi connectivity index (χ1v) is 8.90. The Kier molecular flexibility index (Phi) is 5.47. The van der Waals surface area contributed by atoms with Crippen molar-refractivity contribution in [2.45, 2.75) is 32.6 Å². The largest absolute Gasteiger partial charge is 0.478 e. The number of carboxylic acids is 1. The molecule has 2 aromatic carbocycles. The first-order chi connectivity index (χ1) is 12.5. The van der Waals surface area contributed by atoms with Crippen molar-refractivity contribution < 1.29 is 9.90 Å². The summed E-state index contributed by atoms with van der Waals surface area (Å²) < 4.78 is 0. The van der Waals surface area contributed by atoms with Crippen molar-refractivity contribution in [2.24, 2.45) is 0 Å². The third-order valence-corrected chi connectivity index (χ3v) is 4.57. The molecular formula is C23H23NO2. The molecule has 3 heteroatoms. The number of aryl methyl sites for hydroxylation is 2. The van der Waals surface area contributed by atoms with Crippen LogP contribution < -0.4 is 0 Å². The summed E-state index contributed by atoms with van der Waals surface area (Å²) >= 11 is 0. The maximum absolute atomic E-state index is 11.1. The molecule has 0 fully saturated rings. The van der Waals surface area contributed by atoms with Gasteiger partial charge in [0.25, 0.3) is 0 Å². The number of aromatic carboxylic acids is 1. The zero-order chi connectivity index (χ0) is 18.5. The smallest absolute Gasteiger partial charge is 0.335 e. The molecule has 0 bridgehead atoms. The van der Waals surface area contributed by atoms with E-state index in [4.69, 9.17) is 5.11 Å². The van der Waals surface area contributed by atoms with E-state index in [2.05, 4.69) is 49.2 Å². The molecule has 0 saturated heterocycles. The highest BCUT2D eigenvalue weighted by Crippen LogP contribution is 2.22. The van der Waals surface area contributed by atoms with Gasteiger partial charge in [-0.1, -0.05) is 50.2 Å². The first kappa shape index (κ1) is 17.9. The molecule has 3 aromatic rings. The minimum atomic E-state index is -0.886. The minimum absolute atomic E-state index is 0.336. The highest BCUT2D eigenvalue weighted by atomic mass is 16.4. The molecule has 26 heavy (non-hydrogen) atoms. The SMILES string of the molecule is CC(C)c1ccc(-c2cc(CCc3cccc(C(=O)O)c3)ccn2)cc1. The van der Waals surface area contributed by atoms with Crippen molar-refractivity contribution in [3.8, 4) is 11.3 Å². The summed E-state index contributed by atoms with van der Waals surface area (Å²) in [5.41, 5.74) is 5.97. The summed E-state index contributed by atoms with van der Waals surface area (Å²) in [6, 6.07) is 19.8. The fraction of sp³-hybridized carbons (Fsp3) is 0.217. The number of aromatic nitrogens is 1. The second kappa shape index (κ2) is 7.96. The van der Waals surface area contributed by atoms with Gasteiger partial charge >= 0.3 is 5.97 Å². The predicted octanol–water partition coefficient (Wildman–Crippen LogP) is 5.36. The van der Waals surface area contributed by atoms with Crippen LogP contribution in [0.3, 0.4) is 0 Å². The maximum atomic E-state index is 11.1. The molecule has 0 aliphatic heterocycles. The molecule has 0 aliphatic rings. The van der Waals surface area contributed by atoms with Crippen molar-refractivity contribution in [1.82, 2.24) is 4.98 Å². The van der Waals surface area contributed by atoms with Gasteiger partial charge in [0.2, 0.25) is 0 Å². The highest BCUT2D eigenvalue weighted by molar-refractivity contribution is 5.87. The molecule has 3 nitrogen and oxygen atoms in total. The average Bonchev–Trinajstić information content (AvgIpc) is 2.67. The van der Waals surface area contributed by atoms with Crippen LogP contribution in [0.2, 0.25) is 0 Å². The van der Waals surface area contributed by atoms with Crippen molar-refractivity contribution in [1.29, 1.82) is 0 Å². The van der Waals surface area contributed by atoms with E-state index in [0.29, 0.717) is 11.5 Å². The van der Waals surface area contributed by atoms with E-state index in [9.17, 15) is 4.79 Å². The van der Waals surface area contributed by atoms with Crippen molar-refractivity contribution in [3.05, 3.63) is 89.1 Å². The molecule has 1 N–H and O–H groups in total. The summed E-state index contributed by atoms with van der Waals surface area (Å²) in [5, 5.41) is 9.10. The number of nitrogens with zero attached hydrogens (tertiary/aromatic N) is 1. The monoisotopic (exact) mass is 345 g/mol. The number of hydrogen-bond acceptors (Lipinski definition) is 2. The van der Waals surface area contributed by atoms with E-state index in [1.807, 2.05) is 18.3 Å². The number of carbonyl (C=O) groups is 1. The Morgan fingerprint density at radius 2 is 1.65 bits per heavy atom. The Bertz CT molecular complexity index is 898. The highest BCUT2D eigenvalue weighted by Gasteiger charge is 2.06. The van der Waals surface area contributed by atoms with Gasteiger partial charge in [0, 0.05) is 11.8 Å². The Morgan fingerprint density at radius 1 is 0.962 bits per heavy atom. The van der Waals surface area contributed by atoms with Gasteiger partial charge in [0.15, 0.2) is 0 Å². The van der Waals surface area contributed by atoms with Crippen molar-refractivity contribution in [2.75, 3.05) is 0 Å². The van der Waals surface area contributed by atoms with Crippen molar-refractivity contribution in [3.63, 3.8) is 0 Å². The standard InChI is InChI=1S/C23H23NO2/c1-16(2)19-8-10-20(11-9-19)22-15-18(12-13-24-22)7-6-17-4-3-5-21(14-17)23(25)26/h3-5,8-16H,6-7H2,1-2H3,(H,25,26). The van der Waals surface area contributed by atoms with E-state index in [1.165, 1.54) is 11.1 Å². The van der Waals surface area contributed by atoms with Gasteiger partial charge in [-0.3, -0.25) is 4.98 Å². The first-order valence-electron chi connectivity index (χ1n) is 8.90. The molecule has 0 saturated carbocycles. The molecule has 0 amide bonds. The Balaban J connectivity index is 1.73. The van der Waals surface area contributed by atoms with E-state index < -0.39 is 5.97 Å². The van der Waals surface area contributed by atoms with Gasteiger partial charge in [-0.2, -0.15) is 0 Å². The van der Waals surface area contributed by atoms with Crippen LogP contribution in [0.15, 0.2) is 66.9 Å². The van der Waals surface area contributed by atoms with Crippen LogP contribution in [0.1, 0.15) is 46.8 Å². The number of carboxylic acid groups (broad SMARTS) is 1. The van der Waals surface area contributed by atoms with Gasteiger partial charge in [-0.15, -0.1) is 0 Å². The molecule has 132 valence electrons. The third-order valence-electron chi connectivity index (χ3n) is 4.57.